The molecule has 0 bridgehead atoms. The predicted molar refractivity (Wildman–Crippen MR) is 115 cm³/mol. The molecule has 9 heteroatoms. The van der Waals surface area contributed by atoms with Crippen LogP contribution in [0.5, 0.6) is 0 Å². The Balaban J connectivity index is 1.38. The van der Waals surface area contributed by atoms with Crippen molar-refractivity contribution in [1.82, 2.24) is 15.4 Å². The molecule has 2 amide bonds. The molecule has 8 nitrogen and oxygen atoms in total. The van der Waals surface area contributed by atoms with Gasteiger partial charge < -0.3 is 15.1 Å². The van der Waals surface area contributed by atoms with E-state index in [0.717, 1.165) is 12.8 Å². The van der Waals surface area contributed by atoms with Crippen LogP contribution in [0.15, 0.2) is 58.0 Å². The summed E-state index contributed by atoms with van der Waals surface area (Å²) >= 11 is 0. The molecule has 3 rings (SSSR count). The van der Waals surface area contributed by atoms with Crippen molar-refractivity contribution in [1.29, 1.82) is 0 Å². The van der Waals surface area contributed by atoms with Gasteiger partial charge in [0.05, 0.1) is 17.7 Å². The van der Waals surface area contributed by atoms with Crippen LogP contribution in [0.4, 0.5) is 0 Å². The van der Waals surface area contributed by atoms with E-state index in [1.807, 2.05) is 0 Å². The summed E-state index contributed by atoms with van der Waals surface area (Å²) in [4.78, 5) is 25.0. The van der Waals surface area contributed by atoms with Crippen molar-refractivity contribution >= 4 is 21.8 Å². The third-order valence-corrected chi connectivity index (χ3v) is 7.04. The Hall–Kier alpha value is -2.65. The number of carbonyl (C=O) groups is 2. The molecule has 168 valence electrons. The van der Waals surface area contributed by atoms with Gasteiger partial charge in [-0.05, 0) is 62.8 Å². The quantitative estimate of drug-likeness (QED) is 0.545. The molecule has 0 aliphatic heterocycles. The molecule has 1 heterocycles. The van der Waals surface area contributed by atoms with E-state index in [9.17, 15) is 18.0 Å². The highest BCUT2D eigenvalue weighted by molar-refractivity contribution is 7.89. The van der Waals surface area contributed by atoms with Crippen LogP contribution in [-0.4, -0.2) is 32.8 Å². The maximum absolute atomic E-state index is 12.5. The van der Waals surface area contributed by atoms with Crippen LogP contribution in [0.1, 0.15) is 38.4 Å². The molecule has 1 saturated carbocycles. The predicted octanol–water partition coefficient (Wildman–Crippen LogP) is 2.19. The first-order chi connectivity index (χ1) is 14.8. The number of hydrogen-bond acceptors (Lipinski definition) is 5. The lowest BCUT2D eigenvalue weighted by Crippen LogP contribution is -2.47. The second kappa shape index (κ2) is 10.6. The standard InChI is InChI=1S/C22H29N3O5S/c1-16(21(26)23-15-19-6-5-13-30-19)25-22(27)18-11-9-17(10-12-18)14-24-31(28,29)20-7-3-2-4-8-20/h2-8,13,16-18,24H,9-12,14-15H2,1H3,(H,23,26)(H,25,27). The molecular weight excluding hydrogens is 418 g/mol. The monoisotopic (exact) mass is 447 g/mol. The number of benzene rings is 1. The molecule has 1 fully saturated rings. The van der Waals surface area contributed by atoms with E-state index < -0.39 is 16.1 Å². The van der Waals surface area contributed by atoms with Crippen molar-refractivity contribution in [3.63, 3.8) is 0 Å². The Kier molecular flexibility index (Phi) is 7.86. The fourth-order valence-corrected chi connectivity index (χ4v) is 4.81. The third-order valence-electron chi connectivity index (χ3n) is 5.60. The van der Waals surface area contributed by atoms with Crippen molar-refractivity contribution in [2.75, 3.05) is 6.54 Å². The molecule has 0 saturated heterocycles. The first-order valence-corrected chi connectivity index (χ1v) is 12.0. The zero-order valence-corrected chi connectivity index (χ0v) is 18.4. The van der Waals surface area contributed by atoms with Crippen molar-refractivity contribution in [3.8, 4) is 0 Å². The number of nitrogens with one attached hydrogen (secondary N) is 3. The van der Waals surface area contributed by atoms with Crippen molar-refractivity contribution in [2.45, 2.75) is 50.1 Å². The van der Waals surface area contributed by atoms with Gasteiger partial charge in [-0.3, -0.25) is 9.59 Å². The Labute approximate surface area is 182 Å². The topological polar surface area (TPSA) is 118 Å². The van der Waals surface area contributed by atoms with E-state index in [1.165, 1.54) is 6.26 Å². The van der Waals surface area contributed by atoms with Gasteiger partial charge in [-0.1, -0.05) is 18.2 Å². The molecule has 1 aromatic carbocycles. The van der Waals surface area contributed by atoms with Crippen LogP contribution in [0.2, 0.25) is 0 Å². The van der Waals surface area contributed by atoms with Crippen LogP contribution in [0.3, 0.4) is 0 Å². The van der Waals surface area contributed by atoms with Crippen LogP contribution in [0.25, 0.3) is 0 Å². The maximum atomic E-state index is 12.5. The minimum atomic E-state index is -3.52. The fraction of sp³-hybridized carbons (Fsp3) is 0.455. The van der Waals surface area contributed by atoms with Crippen LogP contribution < -0.4 is 15.4 Å². The number of furan rings is 1. The summed E-state index contributed by atoms with van der Waals surface area (Å²) in [7, 11) is -3.52. The second-order valence-corrected chi connectivity index (χ2v) is 9.68. The van der Waals surface area contributed by atoms with Crippen LogP contribution in [0, 0.1) is 11.8 Å². The largest absolute Gasteiger partial charge is 0.467 e. The number of amides is 2. The molecule has 1 atom stereocenters. The molecular formula is C22H29N3O5S. The zero-order chi connectivity index (χ0) is 22.3. The van der Waals surface area contributed by atoms with Gasteiger partial charge in [0.25, 0.3) is 0 Å². The number of rotatable bonds is 9. The van der Waals surface area contributed by atoms with Gasteiger partial charge in [0, 0.05) is 12.5 Å². The summed E-state index contributed by atoms with van der Waals surface area (Å²) in [5.74, 6) is 0.268. The third kappa shape index (κ3) is 6.67. The van der Waals surface area contributed by atoms with Gasteiger partial charge in [0.2, 0.25) is 21.8 Å². The van der Waals surface area contributed by atoms with E-state index >= 15 is 0 Å². The van der Waals surface area contributed by atoms with Crippen molar-refractivity contribution < 1.29 is 22.4 Å². The highest BCUT2D eigenvalue weighted by Crippen LogP contribution is 2.29. The molecule has 2 aromatic rings. The van der Waals surface area contributed by atoms with Gasteiger partial charge in [-0.15, -0.1) is 0 Å². The average molecular weight is 448 g/mol. The Bertz CT molecular complexity index is 952. The van der Waals surface area contributed by atoms with E-state index in [0.29, 0.717) is 25.1 Å². The van der Waals surface area contributed by atoms with Gasteiger partial charge in [0.15, 0.2) is 0 Å². The highest BCUT2D eigenvalue weighted by Gasteiger charge is 2.29. The van der Waals surface area contributed by atoms with E-state index in [-0.39, 0.29) is 35.1 Å². The number of sulfonamides is 1. The minimum Gasteiger partial charge on any atom is -0.467 e. The van der Waals surface area contributed by atoms with Gasteiger partial charge in [-0.2, -0.15) is 0 Å². The molecule has 1 aromatic heterocycles. The molecule has 1 unspecified atom stereocenters. The first kappa shape index (κ1) is 23.0. The molecule has 31 heavy (non-hydrogen) atoms. The smallest absolute Gasteiger partial charge is 0.242 e. The number of carbonyl (C=O) groups excluding carboxylic acids is 2. The molecule has 1 aliphatic rings. The van der Waals surface area contributed by atoms with E-state index in [4.69, 9.17) is 4.42 Å². The van der Waals surface area contributed by atoms with E-state index in [2.05, 4.69) is 15.4 Å². The lowest BCUT2D eigenvalue weighted by Gasteiger charge is -2.28. The van der Waals surface area contributed by atoms with Crippen molar-refractivity contribution in [2.24, 2.45) is 11.8 Å². The lowest BCUT2D eigenvalue weighted by molar-refractivity contribution is -0.131. The first-order valence-electron chi connectivity index (χ1n) is 10.5. The Morgan fingerprint density at radius 1 is 1.06 bits per heavy atom. The van der Waals surface area contributed by atoms with Gasteiger partial charge in [-0.25, -0.2) is 13.1 Å². The summed E-state index contributed by atoms with van der Waals surface area (Å²) in [5, 5.41) is 5.51. The zero-order valence-electron chi connectivity index (χ0n) is 17.5. The number of hydrogen-bond donors (Lipinski definition) is 3. The fourth-order valence-electron chi connectivity index (χ4n) is 3.68. The van der Waals surface area contributed by atoms with Crippen LogP contribution in [-0.2, 0) is 26.2 Å². The van der Waals surface area contributed by atoms with Gasteiger partial charge in [0.1, 0.15) is 11.8 Å². The normalized spacial score (nSPS) is 20.0. The minimum absolute atomic E-state index is 0.135. The maximum Gasteiger partial charge on any atom is 0.242 e. The SMILES string of the molecule is CC(NC(=O)C1CCC(CNS(=O)(=O)c2ccccc2)CC1)C(=O)NCc1ccco1. The average Bonchev–Trinajstić information content (AvgIpc) is 3.30. The van der Waals surface area contributed by atoms with Crippen molar-refractivity contribution in [3.05, 3.63) is 54.5 Å². The summed E-state index contributed by atoms with van der Waals surface area (Å²) in [6.45, 7) is 2.28. The van der Waals surface area contributed by atoms with E-state index in [1.54, 1.807) is 49.4 Å². The summed E-state index contributed by atoms with van der Waals surface area (Å²) in [6, 6.07) is 11.2. The Morgan fingerprint density at radius 2 is 1.77 bits per heavy atom. The summed E-state index contributed by atoms with van der Waals surface area (Å²) in [5.41, 5.74) is 0. The highest BCUT2D eigenvalue weighted by atomic mass is 32.2. The molecule has 0 spiro atoms. The summed E-state index contributed by atoms with van der Waals surface area (Å²) in [6.07, 6.45) is 4.40. The molecule has 1 aliphatic carbocycles. The molecule has 3 N–H and O–H groups in total. The lowest BCUT2D eigenvalue weighted by atomic mass is 9.81. The van der Waals surface area contributed by atoms with Crippen LogP contribution >= 0.6 is 0 Å². The Morgan fingerprint density at radius 3 is 2.42 bits per heavy atom. The second-order valence-electron chi connectivity index (χ2n) is 7.91. The van der Waals surface area contributed by atoms with Gasteiger partial charge >= 0.3 is 0 Å². The summed E-state index contributed by atoms with van der Waals surface area (Å²) < 4.78 is 32.5. The molecule has 0 radical (unpaired) electrons.